The molecule has 2 fully saturated rings. The molecule has 4 aromatic rings. The fraction of sp³-hybridized carbons (Fsp3) is 0.462. The lowest BCUT2D eigenvalue weighted by molar-refractivity contribution is 0.0442. The van der Waals surface area contributed by atoms with E-state index in [2.05, 4.69) is 17.9 Å². The highest BCUT2D eigenvalue weighted by atomic mass is 32.2. The van der Waals surface area contributed by atoms with Gasteiger partial charge in [0.2, 0.25) is 20.1 Å². The van der Waals surface area contributed by atoms with E-state index >= 15 is 0 Å². The molecular weight excluding hydrogens is 553 g/mol. The number of aromatic nitrogens is 4. The van der Waals surface area contributed by atoms with Gasteiger partial charge in [0.05, 0.1) is 11.9 Å². The zero-order chi connectivity index (χ0) is 27.5. The van der Waals surface area contributed by atoms with E-state index in [4.69, 9.17) is 15.1 Å². The molecule has 0 saturated carbocycles. The Bertz CT molecular complexity index is 1680. The molecule has 5 heterocycles. The van der Waals surface area contributed by atoms with Gasteiger partial charge in [-0.2, -0.15) is 9.78 Å². The molecular formula is C26H30N8O2S3. The predicted molar refractivity (Wildman–Crippen MR) is 156 cm³/mol. The first kappa shape index (κ1) is 26.2. The number of fused-ring (bicyclic) bond motifs is 1. The second-order valence-corrected chi connectivity index (χ2v) is 14.4. The van der Waals surface area contributed by atoms with Crippen LogP contribution in [0.3, 0.4) is 0 Å². The summed E-state index contributed by atoms with van der Waals surface area (Å²) in [5.41, 5.74) is 3.80. The Morgan fingerprint density at radius 1 is 1.13 bits per heavy atom. The maximum atomic E-state index is 11.8. The second kappa shape index (κ2) is 9.55. The first-order chi connectivity index (χ1) is 18.6. The molecule has 0 atom stereocenters. The summed E-state index contributed by atoms with van der Waals surface area (Å²) in [6, 6.07) is 10.4. The predicted octanol–water partition coefficient (Wildman–Crippen LogP) is 4.29. The van der Waals surface area contributed by atoms with Crippen molar-refractivity contribution in [2.45, 2.75) is 33.1 Å². The number of piperidine rings is 1. The number of hydrogen-bond acceptors (Lipinski definition) is 10. The number of anilines is 3. The van der Waals surface area contributed by atoms with Crippen LogP contribution in [0, 0.1) is 23.7 Å². The fourth-order valence-corrected chi connectivity index (χ4v) is 8.25. The highest BCUT2D eigenvalue weighted by Gasteiger charge is 2.48. The number of aryl methyl sites for hydroxylation is 2. The number of nitrogens with zero attached hydrogens (tertiary/aromatic N) is 8. The van der Waals surface area contributed by atoms with Gasteiger partial charge in [0, 0.05) is 44.2 Å². The SMILES string of the molecule is CCc1nc2sc(N3CCC4(CC3)CN(S(C)(=O)=O)C4)nn2c1N(C)c1nc(-c2ccc(C)cc2)c(C#N)s1. The summed E-state index contributed by atoms with van der Waals surface area (Å²) >= 11 is 2.94. The standard InChI is InChI=1S/C26H30N8O2S3/c1-5-19-22(31(3)23-29-21(20(14-27)37-23)18-8-6-17(2)7-9-18)34-24(28-19)38-25(30-34)32-12-10-26(11-13-32)15-33(16-26)39(4,35)36/h6-9H,5,10-13,15-16H2,1-4H3. The summed E-state index contributed by atoms with van der Waals surface area (Å²) in [6.45, 7) is 7.05. The van der Waals surface area contributed by atoms with E-state index < -0.39 is 10.0 Å². The van der Waals surface area contributed by atoms with Gasteiger partial charge in [-0.15, -0.1) is 5.10 Å². The van der Waals surface area contributed by atoms with Crippen LogP contribution < -0.4 is 9.80 Å². The zero-order valence-electron chi connectivity index (χ0n) is 22.4. The number of benzene rings is 1. The quantitative estimate of drug-likeness (QED) is 0.331. The van der Waals surface area contributed by atoms with E-state index in [-0.39, 0.29) is 5.41 Å². The monoisotopic (exact) mass is 582 g/mol. The van der Waals surface area contributed by atoms with Gasteiger partial charge in [-0.25, -0.2) is 22.7 Å². The Kier molecular flexibility index (Phi) is 6.41. The van der Waals surface area contributed by atoms with Gasteiger partial charge < -0.3 is 9.80 Å². The van der Waals surface area contributed by atoms with Gasteiger partial charge in [0.1, 0.15) is 16.6 Å². The van der Waals surface area contributed by atoms with E-state index in [1.54, 1.807) is 15.6 Å². The van der Waals surface area contributed by atoms with E-state index in [0.29, 0.717) is 28.8 Å². The summed E-state index contributed by atoms with van der Waals surface area (Å²) in [5, 5.41) is 16.4. The summed E-state index contributed by atoms with van der Waals surface area (Å²) in [4.78, 5) is 15.4. The Hall–Kier alpha value is -3.05. The topological polar surface area (TPSA) is 111 Å². The largest absolute Gasteiger partial charge is 0.347 e. The van der Waals surface area contributed by atoms with Crippen molar-refractivity contribution in [3.63, 3.8) is 0 Å². The van der Waals surface area contributed by atoms with Gasteiger partial charge in [0.25, 0.3) is 0 Å². The van der Waals surface area contributed by atoms with E-state index in [1.165, 1.54) is 17.6 Å². The molecule has 0 amide bonds. The summed E-state index contributed by atoms with van der Waals surface area (Å²) in [6.07, 6.45) is 3.93. The summed E-state index contributed by atoms with van der Waals surface area (Å²) in [7, 11) is -1.16. The number of imidazole rings is 1. The fourth-order valence-electron chi connectivity index (χ4n) is 5.42. The first-order valence-corrected chi connectivity index (χ1v) is 16.4. The third-order valence-corrected chi connectivity index (χ3v) is 11.0. The van der Waals surface area contributed by atoms with E-state index in [9.17, 15) is 13.7 Å². The maximum Gasteiger partial charge on any atom is 0.216 e. The molecule has 10 nitrogen and oxygen atoms in total. The van der Waals surface area contributed by atoms with Crippen LogP contribution >= 0.6 is 22.7 Å². The van der Waals surface area contributed by atoms with Crippen LogP contribution in [-0.4, -0.2) is 71.8 Å². The average Bonchev–Trinajstić information content (AvgIpc) is 3.59. The molecule has 0 aliphatic carbocycles. The maximum absolute atomic E-state index is 11.8. The average molecular weight is 583 g/mol. The lowest BCUT2D eigenvalue weighted by Gasteiger charge is -2.52. The number of thiazole rings is 1. The van der Waals surface area contributed by atoms with Crippen LogP contribution in [0.4, 0.5) is 16.1 Å². The first-order valence-electron chi connectivity index (χ1n) is 12.9. The molecule has 0 radical (unpaired) electrons. The van der Waals surface area contributed by atoms with E-state index in [1.807, 2.05) is 47.7 Å². The number of rotatable bonds is 6. The van der Waals surface area contributed by atoms with Crippen molar-refractivity contribution in [3.05, 3.63) is 40.4 Å². The number of sulfonamides is 1. The van der Waals surface area contributed by atoms with Crippen molar-refractivity contribution in [2.75, 3.05) is 49.3 Å². The summed E-state index contributed by atoms with van der Waals surface area (Å²) < 4.78 is 27.1. The third-order valence-electron chi connectivity index (χ3n) is 7.81. The van der Waals surface area contributed by atoms with Crippen molar-refractivity contribution < 1.29 is 8.42 Å². The highest BCUT2D eigenvalue weighted by molar-refractivity contribution is 7.88. The third kappa shape index (κ3) is 4.59. The molecule has 2 aliphatic heterocycles. The van der Waals surface area contributed by atoms with Crippen molar-refractivity contribution >= 4 is 53.7 Å². The van der Waals surface area contributed by atoms with Gasteiger partial charge in [-0.1, -0.05) is 59.4 Å². The van der Waals surface area contributed by atoms with Crippen molar-refractivity contribution in [3.8, 4) is 17.3 Å². The lowest BCUT2D eigenvalue weighted by atomic mass is 9.73. The lowest BCUT2D eigenvalue weighted by Crippen LogP contribution is -2.61. The van der Waals surface area contributed by atoms with Gasteiger partial charge in [0.15, 0.2) is 10.9 Å². The van der Waals surface area contributed by atoms with Gasteiger partial charge >= 0.3 is 0 Å². The van der Waals surface area contributed by atoms with Crippen molar-refractivity contribution in [1.29, 1.82) is 5.26 Å². The van der Waals surface area contributed by atoms with Crippen LogP contribution in [0.1, 0.15) is 35.9 Å². The Morgan fingerprint density at radius 2 is 1.82 bits per heavy atom. The zero-order valence-corrected chi connectivity index (χ0v) is 24.8. The molecule has 1 spiro atoms. The molecule has 3 aromatic heterocycles. The minimum absolute atomic E-state index is 0.0934. The van der Waals surface area contributed by atoms with E-state index in [0.717, 1.165) is 65.1 Å². The van der Waals surface area contributed by atoms with Crippen LogP contribution in [0.5, 0.6) is 0 Å². The second-order valence-electron chi connectivity index (χ2n) is 10.5. The van der Waals surface area contributed by atoms with Crippen LogP contribution in [0.25, 0.3) is 16.2 Å². The van der Waals surface area contributed by atoms with Crippen molar-refractivity contribution in [1.82, 2.24) is 23.9 Å². The van der Waals surface area contributed by atoms with Crippen LogP contribution in [0.2, 0.25) is 0 Å². The Morgan fingerprint density at radius 3 is 2.44 bits per heavy atom. The Labute approximate surface area is 236 Å². The molecule has 13 heteroatoms. The van der Waals surface area contributed by atoms with Crippen molar-refractivity contribution in [2.24, 2.45) is 5.41 Å². The molecule has 2 saturated heterocycles. The Balaban J connectivity index is 1.26. The molecule has 0 N–H and O–H groups in total. The number of hydrogen-bond donors (Lipinski definition) is 0. The molecule has 6 rings (SSSR count). The number of nitriles is 1. The highest BCUT2D eigenvalue weighted by Crippen LogP contribution is 2.43. The molecule has 0 bridgehead atoms. The minimum atomic E-state index is -3.11. The summed E-state index contributed by atoms with van der Waals surface area (Å²) in [5.74, 6) is 0.861. The molecule has 1 aromatic carbocycles. The smallest absolute Gasteiger partial charge is 0.216 e. The van der Waals surface area contributed by atoms with Gasteiger partial charge in [-0.3, -0.25) is 0 Å². The van der Waals surface area contributed by atoms with Crippen LogP contribution in [-0.2, 0) is 16.4 Å². The van der Waals surface area contributed by atoms with Gasteiger partial charge in [-0.05, 0) is 26.2 Å². The van der Waals surface area contributed by atoms with Crippen LogP contribution in [0.15, 0.2) is 24.3 Å². The molecule has 0 unspecified atom stereocenters. The normalized spacial score (nSPS) is 17.5. The minimum Gasteiger partial charge on any atom is -0.347 e. The molecule has 204 valence electrons. The molecule has 2 aliphatic rings. The molecule has 39 heavy (non-hydrogen) atoms.